The van der Waals surface area contributed by atoms with Gasteiger partial charge in [0.1, 0.15) is 12.7 Å². The van der Waals surface area contributed by atoms with E-state index >= 15 is 0 Å². The maximum absolute atomic E-state index is 13.0. The maximum atomic E-state index is 13.0. The zero-order valence-electron chi connectivity index (χ0n) is 51.3. The molecule has 11 nitrogen and oxygen atoms in total. The molecular formula is C68H119O11P. The first-order valence-corrected chi connectivity index (χ1v) is 34.0. The van der Waals surface area contributed by atoms with E-state index in [4.69, 9.17) is 23.3 Å². The molecule has 0 bridgehead atoms. The van der Waals surface area contributed by atoms with Crippen LogP contribution in [0.3, 0.4) is 0 Å². The molecule has 80 heavy (non-hydrogen) atoms. The number of esters is 3. The summed E-state index contributed by atoms with van der Waals surface area (Å²) in [5, 5.41) is 9.85. The van der Waals surface area contributed by atoms with Crippen LogP contribution in [0.1, 0.15) is 290 Å². The minimum absolute atomic E-state index is 0.155. The summed E-state index contributed by atoms with van der Waals surface area (Å²) in [6.45, 7) is 4.49. The molecule has 12 heteroatoms. The molecule has 0 saturated carbocycles. The zero-order chi connectivity index (χ0) is 58.3. The average Bonchev–Trinajstić information content (AvgIpc) is 3.45. The lowest BCUT2D eigenvalue weighted by Gasteiger charge is -2.21. The van der Waals surface area contributed by atoms with Crippen molar-refractivity contribution in [2.75, 3.05) is 26.4 Å². The van der Waals surface area contributed by atoms with E-state index in [0.717, 1.165) is 116 Å². The second-order valence-electron chi connectivity index (χ2n) is 21.5. The van der Waals surface area contributed by atoms with Gasteiger partial charge in [-0.3, -0.25) is 23.4 Å². The van der Waals surface area contributed by atoms with Crippen molar-refractivity contribution in [2.24, 2.45) is 0 Å². The minimum atomic E-state index is -4.76. The standard InChI is InChI=1S/C68H119O11P/c1-4-7-10-13-16-19-22-25-28-30-32-34-37-39-42-45-48-51-54-57-66(70)75-61-65(79-68(72)59-56-53-50-47-44-41-38-35-33-31-29-26-23-20-17-14-11-8-5-2)63-77-80(73,74)76-62-64(60-69)78-67(71)58-55-52-49-46-43-40-36-27-24-21-18-15-12-9-6-3/h9,12,16-21,25-29,36,64-65,69H,4-8,10-11,13-15,22-24,30-35,37-63H2,1-3H3,(H,73,74)/b12-9-,19-16-,20-17-,21-18-,28-25-,29-26-,36-27-. The zero-order valence-corrected chi connectivity index (χ0v) is 52.2. The fourth-order valence-electron chi connectivity index (χ4n) is 8.84. The topological polar surface area (TPSA) is 155 Å². The summed E-state index contributed by atoms with van der Waals surface area (Å²) >= 11 is 0. The van der Waals surface area contributed by atoms with Crippen LogP contribution in [-0.2, 0) is 42.2 Å². The molecule has 0 aliphatic heterocycles. The van der Waals surface area contributed by atoms with Crippen LogP contribution in [0, 0.1) is 0 Å². The Hall–Kier alpha value is -3.34. The number of phosphoric acid groups is 1. The van der Waals surface area contributed by atoms with Crippen LogP contribution in [0.2, 0.25) is 0 Å². The van der Waals surface area contributed by atoms with Gasteiger partial charge in [0.2, 0.25) is 0 Å². The molecule has 462 valence electrons. The molecule has 0 radical (unpaired) electrons. The van der Waals surface area contributed by atoms with Gasteiger partial charge in [0.05, 0.1) is 19.8 Å². The molecule has 0 amide bonds. The van der Waals surface area contributed by atoms with E-state index in [1.165, 1.54) is 116 Å². The van der Waals surface area contributed by atoms with Gasteiger partial charge in [0.25, 0.3) is 0 Å². The summed E-state index contributed by atoms with van der Waals surface area (Å²) in [7, 11) is -4.76. The fourth-order valence-corrected chi connectivity index (χ4v) is 9.63. The van der Waals surface area contributed by atoms with Gasteiger partial charge in [0, 0.05) is 19.3 Å². The molecule has 0 rings (SSSR count). The molecule has 3 unspecified atom stereocenters. The van der Waals surface area contributed by atoms with E-state index in [2.05, 4.69) is 106 Å². The molecule has 3 atom stereocenters. The second kappa shape index (κ2) is 61.7. The van der Waals surface area contributed by atoms with Gasteiger partial charge in [-0.25, -0.2) is 4.57 Å². The van der Waals surface area contributed by atoms with Crippen LogP contribution in [0.15, 0.2) is 85.1 Å². The van der Waals surface area contributed by atoms with E-state index in [1.807, 2.05) is 0 Å². The Morgan fingerprint density at radius 1 is 0.362 bits per heavy atom. The van der Waals surface area contributed by atoms with E-state index in [9.17, 15) is 28.9 Å². The van der Waals surface area contributed by atoms with Gasteiger partial charge < -0.3 is 24.2 Å². The largest absolute Gasteiger partial charge is 0.472 e. The summed E-state index contributed by atoms with van der Waals surface area (Å²) < 4.78 is 39.7. The van der Waals surface area contributed by atoms with Gasteiger partial charge in [-0.05, 0) is 116 Å². The van der Waals surface area contributed by atoms with Crippen molar-refractivity contribution in [3.63, 3.8) is 0 Å². The molecule has 0 heterocycles. The predicted octanol–water partition coefficient (Wildman–Crippen LogP) is 19.8. The highest BCUT2D eigenvalue weighted by molar-refractivity contribution is 7.47. The molecule has 0 fully saturated rings. The first-order valence-electron chi connectivity index (χ1n) is 32.5. The Morgan fingerprint density at radius 2 is 0.650 bits per heavy atom. The van der Waals surface area contributed by atoms with Gasteiger partial charge >= 0.3 is 25.7 Å². The summed E-state index contributed by atoms with van der Waals surface area (Å²) in [5.74, 6) is -1.48. The van der Waals surface area contributed by atoms with Crippen molar-refractivity contribution in [1.82, 2.24) is 0 Å². The van der Waals surface area contributed by atoms with E-state index in [0.29, 0.717) is 19.3 Å². The Labute approximate surface area is 490 Å². The number of allylic oxidation sites excluding steroid dienone is 14. The third-order valence-electron chi connectivity index (χ3n) is 13.8. The highest BCUT2D eigenvalue weighted by Crippen LogP contribution is 2.43. The summed E-state index contributed by atoms with van der Waals surface area (Å²) in [4.78, 5) is 48.8. The van der Waals surface area contributed by atoms with Gasteiger partial charge in [-0.2, -0.15) is 0 Å². The third kappa shape index (κ3) is 59.3. The molecule has 0 aromatic heterocycles. The number of carbonyl (C=O) groups is 3. The fraction of sp³-hybridized carbons (Fsp3) is 0.750. The first-order chi connectivity index (χ1) is 39.2. The highest BCUT2D eigenvalue weighted by atomic mass is 31.2. The number of hydrogen-bond donors (Lipinski definition) is 2. The maximum Gasteiger partial charge on any atom is 0.472 e. The van der Waals surface area contributed by atoms with Crippen LogP contribution in [-0.4, -0.2) is 66.5 Å². The Kier molecular flexibility index (Phi) is 59.1. The van der Waals surface area contributed by atoms with Gasteiger partial charge in [-0.15, -0.1) is 0 Å². The number of aliphatic hydroxyl groups excluding tert-OH is 1. The quantitative estimate of drug-likeness (QED) is 0.0197. The lowest BCUT2D eigenvalue weighted by atomic mass is 10.1. The predicted molar refractivity (Wildman–Crippen MR) is 334 cm³/mol. The van der Waals surface area contributed by atoms with Crippen molar-refractivity contribution >= 4 is 25.7 Å². The monoisotopic (exact) mass is 1140 g/mol. The van der Waals surface area contributed by atoms with Crippen LogP contribution >= 0.6 is 7.82 Å². The molecule has 0 aromatic carbocycles. The van der Waals surface area contributed by atoms with Crippen molar-refractivity contribution in [1.29, 1.82) is 0 Å². The smallest absolute Gasteiger partial charge is 0.462 e. The molecule has 0 spiro atoms. The summed E-state index contributed by atoms with van der Waals surface area (Å²) in [6, 6.07) is 0. The normalized spacial score (nSPS) is 13.8. The molecule has 0 saturated heterocycles. The molecular weight excluding hydrogens is 1020 g/mol. The Balaban J connectivity index is 4.72. The Morgan fingerprint density at radius 3 is 1.00 bits per heavy atom. The number of phosphoric ester groups is 1. The van der Waals surface area contributed by atoms with Crippen molar-refractivity contribution in [2.45, 2.75) is 303 Å². The first kappa shape index (κ1) is 76.7. The van der Waals surface area contributed by atoms with Crippen LogP contribution < -0.4 is 0 Å². The number of carbonyl (C=O) groups excluding carboxylic acids is 3. The summed E-state index contributed by atoms with van der Waals surface area (Å²) in [6.07, 6.45) is 72.4. The number of aliphatic hydroxyl groups is 1. The molecule has 0 aliphatic rings. The summed E-state index contributed by atoms with van der Waals surface area (Å²) in [5.41, 5.74) is 0. The van der Waals surface area contributed by atoms with Crippen molar-refractivity contribution < 1.29 is 52.2 Å². The SMILES string of the molecule is CC/C=C\C/C=C\C/C=C\CCCCCCCC(=O)OC(CO)COP(=O)(O)OCC(COC(=O)CCCCCCCCCCC/C=C\C/C=C\CCCCC)OC(=O)CCCCCCCCCCC/C=C\C/C=C\CCCCC. The molecule has 0 aromatic rings. The third-order valence-corrected chi connectivity index (χ3v) is 14.7. The van der Waals surface area contributed by atoms with Crippen molar-refractivity contribution in [3.05, 3.63) is 85.1 Å². The van der Waals surface area contributed by atoms with Crippen molar-refractivity contribution in [3.8, 4) is 0 Å². The Bertz CT molecular complexity index is 1670. The molecule has 0 aliphatic carbocycles. The highest BCUT2D eigenvalue weighted by Gasteiger charge is 2.28. The second-order valence-corrected chi connectivity index (χ2v) is 23.0. The van der Waals surface area contributed by atoms with Gasteiger partial charge in [-0.1, -0.05) is 241 Å². The number of ether oxygens (including phenoxy) is 3. The number of rotatable bonds is 60. The van der Waals surface area contributed by atoms with E-state index < -0.39 is 57.8 Å². The van der Waals surface area contributed by atoms with E-state index in [-0.39, 0.29) is 25.9 Å². The average molecular weight is 1140 g/mol. The lowest BCUT2D eigenvalue weighted by molar-refractivity contribution is -0.161. The van der Waals surface area contributed by atoms with Gasteiger partial charge in [0.15, 0.2) is 6.10 Å². The number of unbranched alkanes of at least 4 members (excludes halogenated alkanes) is 29. The van der Waals surface area contributed by atoms with Crippen LogP contribution in [0.4, 0.5) is 0 Å². The lowest BCUT2D eigenvalue weighted by Crippen LogP contribution is -2.30. The van der Waals surface area contributed by atoms with Crippen LogP contribution in [0.25, 0.3) is 0 Å². The number of hydrogen-bond acceptors (Lipinski definition) is 10. The van der Waals surface area contributed by atoms with Crippen LogP contribution in [0.5, 0.6) is 0 Å². The minimum Gasteiger partial charge on any atom is -0.462 e. The van der Waals surface area contributed by atoms with E-state index in [1.54, 1.807) is 0 Å². The molecule has 2 N–H and O–H groups in total.